The van der Waals surface area contributed by atoms with Gasteiger partial charge in [0.1, 0.15) is 5.78 Å². The third kappa shape index (κ3) is 1.30. The van der Waals surface area contributed by atoms with Gasteiger partial charge < -0.3 is 0 Å². The van der Waals surface area contributed by atoms with Crippen LogP contribution in [0, 0.1) is 25.7 Å². The lowest BCUT2D eigenvalue weighted by Crippen LogP contribution is -2.05. The van der Waals surface area contributed by atoms with Gasteiger partial charge in [-0.1, -0.05) is 0 Å². The summed E-state index contributed by atoms with van der Waals surface area (Å²) in [6.45, 7) is 0. The largest absolute Gasteiger partial charge is 0.298 e. The zero-order valence-electron chi connectivity index (χ0n) is 3.69. The van der Waals surface area contributed by atoms with Crippen molar-refractivity contribution in [1.82, 2.24) is 0 Å². The number of ketones is 1. The van der Waals surface area contributed by atoms with Gasteiger partial charge in [0.15, 0.2) is 0 Å². The highest BCUT2D eigenvalue weighted by atomic mass is 16.1. The molecule has 0 unspecified atom stereocenters. The monoisotopic (exact) mass is 91.0 g/mol. The van der Waals surface area contributed by atoms with Crippen molar-refractivity contribution in [3.8, 4) is 0 Å². The topological polar surface area (TPSA) is 17.1 Å². The summed E-state index contributed by atoms with van der Waals surface area (Å²) in [6.07, 6.45) is 9.72. The summed E-state index contributed by atoms with van der Waals surface area (Å²) in [5.41, 5.74) is 0. The van der Waals surface area contributed by atoms with Gasteiger partial charge >= 0.3 is 0 Å². The first-order valence-electron chi connectivity index (χ1n) is 2.00. The lowest BCUT2D eigenvalue weighted by atomic mass is 10.00. The van der Waals surface area contributed by atoms with Gasteiger partial charge in [0.05, 0.1) is 12.8 Å². The molecule has 1 saturated carbocycles. The lowest BCUT2D eigenvalue weighted by Gasteiger charge is -2.01. The quantitative estimate of drug-likeness (QED) is 0.422. The maximum absolute atomic E-state index is 10.1. The van der Waals surface area contributed by atoms with Crippen molar-refractivity contribution in [3.05, 3.63) is 25.7 Å². The Morgan fingerprint density at radius 3 is 2.86 bits per heavy atom. The van der Waals surface area contributed by atoms with E-state index in [4.69, 9.17) is 0 Å². The van der Waals surface area contributed by atoms with E-state index >= 15 is 0 Å². The van der Waals surface area contributed by atoms with E-state index in [1.807, 2.05) is 0 Å². The Morgan fingerprint density at radius 1 is 1.71 bits per heavy atom. The number of hydrogen-bond donors (Lipinski definition) is 0. The second kappa shape index (κ2) is 2.10. The van der Waals surface area contributed by atoms with Crippen LogP contribution >= 0.6 is 0 Å². The van der Waals surface area contributed by atoms with Gasteiger partial charge in [-0.2, -0.15) is 0 Å². The first-order valence-corrected chi connectivity index (χ1v) is 2.00. The predicted octanol–water partition coefficient (Wildman–Crippen LogP) is 0.407. The minimum absolute atomic E-state index is 0.203. The van der Waals surface area contributed by atoms with E-state index in [0.29, 0.717) is 6.42 Å². The molecule has 0 aromatic carbocycles. The molecule has 0 aliphatic heterocycles. The summed E-state index contributed by atoms with van der Waals surface area (Å²) >= 11 is 0. The molecule has 0 atom stereocenters. The van der Waals surface area contributed by atoms with E-state index in [2.05, 4.69) is 19.3 Å². The Bertz CT molecular complexity index is 68.2. The van der Waals surface area contributed by atoms with E-state index in [0.717, 1.165) is 0 Å². The van der Waals surface area contributed by atoms with Gasteiger partial charge in [0, 0.05) is 0 Å². The average Bonchev–Trinajstić information content (AvgIpc) is 1.69. The van der Waals surface area contributed by atoms with E-state index in [9.17, 15) is 4.79 Å². The SMILES string of the molecule is O=C1[C][C]C[CH][C]1. The van der Waals surface area contributed by atoms with Crippen molar-refractivity contribution < 1.29 is 4.79 Å². The number of carbonyl (C=O) groups excluding carboxylic acids is 1. The van der Waals surface area contributed by atoms with Crippen LogP contribution in [0.2, 0.25) is 0 Å². The minimum Gasteiger partial charge on any atom is -0.298 e. The Labute approximate surface area is 43.7 Å². The Kier molecular flexibility index (Phi) is 1.45. The molecule has 1 rings (SSSR count). The van der Waals surface area contributed by atoms with Gasteiger partial charge in [-0.05, 0) is 19.3 Å². The van der Waals surface area contributed by atoms with Crippen molar-refractivity contribution in [2.75, 3.05) is 0 Å². The fourth-order valence-corrected chi connectivity index (χ4v) is 0.362. The summed E-state index contributed by atoms with van der Waals surface area (Å²) < 4.78 is 0. The highest BCUT2D eigenvalue weighted by Gasteiger charge is 2.09. The molecular weight excluding hydrogens is 88.1 g/mol. The molecule has 1 aliphatic carbocycles. The molecule has 1 fully saturated rings. The minimum atomic E-state index is -0.203. The molecule has 1 nitrogen and oxygen atoms in total. The molecule has 7 heavy (non-hydrogen) atoms. The molecule has 0 bridgehead atoms. The normalized spacial score (nSPS) is 22.6. The maximum atomic E-state index is 10.1. The van der Waals surface area contributed by atoms with E-state index in [1.165, 1.54) is 0 Å². The van der Waals surface area contributed by atoms with Gasteiger partial charge in [-0.25, -0.2) is 0 Å². The van der Waals surface area contributed by atoms with Crippen LogP contribution in [0.4, 0.5) is 0 Å². The van der Waals surface area contributed by atoms with Crippen LogP contribution in [0.15, 0.2) is 0 Å². The van der Waals surface area contributed by atoms with Crippen molar-refractivity contribution in [3.63, 3.8) is 0 Å². The highest BCUT2D eigenvalue weighted by Crippen LogP contribution is 2.08. The van der Waals surface area contributed by atoms with Crippen molar-refractivity contribution in [2.24, 2.45) is 0 Å². The van der Waals surface area contributed by atoms with E-state index in [-0.39, 0.29) is 5.78 Å². The number of hydrogen-bond acceptors (Lipinski definition) is 1. The summed E-state index contributed by atoms with van der Waals surface area (Å²) in [5, 5.41) is 0. The summed E-state index contributed by atoms with van der Waals surface area (Å²) in [5.74, 6) is -0.203. The first kappa shape index (κ1) is 4.82. The van der Waals surface area contributed by atoms with Crippen LogP contribution in [0.5, 0.6) is 0 Å². The second-order valence-electron chi connectivity index (χ2n) is 1.18. The Hall–Kier alpha value is -0.330. The van der Waals surface area contributed by atoms with Crippen molar-refractivity contribution in [2.45, 2.75) is 6.42 Å². The number of carbonyl (C=O) groups is 1. The van der Waals surface area contributed by atoms with Crippen LogP contribution in [-0.2, 0) is 4.79 Å². The van der Waals surface area contributed by atoms with Crippen molar-refractivity contribution in [1.29, 1.82) is 0 Å². The standard InChI is InChI=1S/C6H3O/c7-6-4-2-1-3-5-6/h2H,1H2. The van der Waals surface area contributed by atoms with Gasteiger partial charge in [0.2, 0.25) is 0 Å². The third-order valence-corrected chi connectivity index (χ3v) is 0.639. The molecule has 0 aromatic rings. The molecule has 0 N–H and O–H groups in total. The highest BCUT2D eigenvalue weighted by molar-refractivity contribution is 5.97. The second-order valence-corrected chi connectivity index (χ2v) is 1.18. The van der Waals surface area contributed by atoms with E-state index in [1.54, 1.807) is 6.42 Å². The van der Waals surface area contributed by atoms with Crippen LogP contribution in [0.25, 0.3) is 0 Å². The fraction of sp³-hybridized carbons (Fsp3) is 0.167. The smallest absolute Gasteiger partial charge is 0.150 e. The number of Topliss-reactive ketones (excluding diaryl/α,β-unsaturated/α-hetero) is 1. The molecule has 0 heterocycles. The zero-order valence-corrected chi connectivity index (χ0v) is 3.69. The van der Waals surface area contributed by atoms with Crippen LogP contribution < -0.4 is 0 Å². The molecule has 33 valence electrons. The van der Waals surface area contributed by atoms with Gasteiger partial charge in [-0.3, -0.25) is 4.79 Å². The first-order chi connectivity index (χ1) is 3.39. The number of rotatable bonds is 0. The summed E-state index contributed by atoms with van der Waals surface area (Å²) in [6, 6.07) is 0. The summed E-state index contributed by atoms with van der Waals surface area (Å²) in [4.78, 5) is 10.1. The Morgan fingerprint density at radius 2 is 2.57 bits per heavy atom. The third-order valence-electron chi connectivity index (χ3n) is 0.639. The Balaban J connectivity index is 2.25. The van der Waals surface area contributed by atoms with Crippen LogP contribution in [0.3, 0.4) is 0 Å². The predicted molar refractivity (Wildman–Crippen MR) is 23.7 cm³/mol. The molecule has 1 heteroatoms. The van der Waals surface area contributed by atoms with Crippen molar-refractivity contribution >= 4 is 5.78 Å². The summed E-state index contributed by atoms with van der Waals surface area (Å²) in [7, 11) is 0. The molecule has 0 saturated heterocycles. The average molecular weight is 91.1 g/mol. The van der Waals surface area contributed by atoms with Crippen LogP contribution in [0.1, 0.15) is 6.42 Å². The molecule has 1 aliphatic rings. The van der Waals surface area contributed by atoms with Gasteiger partial charge in [-0.15, -0.1) is 0 Å². The zero-order chi connectivity index (χ0) is 5.11. The molecule has 0 amide bonds. The molecule has 0 spiro atoms. The molecule has 0 aromatic heterocycles. The molecule has 7 radical (unpaired) electrons. The van der Waals surface area contributed by atoms with Gasteiger partial charge in [0.25, 0.3) is 0 Å². The lowest BCUT2D eigenvalue weighted by molar-refractivity contribution is -0.112. The van der Waals surface area contributed by atoms with Crippen LogP contribution in [-0.4, -0.2) is 5.78 Å². The molecular formula is C6H3O. The van der Waals surface area contributed by atoms with E-state index < -0.39 is 0 Å². The fourth-order valence-electron chi connectivity index (χ4n) is 0.362. The maximum Gasteiger partial charge on any atom is 0.150 e.